The summed E-state index contributed by atoms with van der Waals surface area (Å²) in [5.41, 5.74) is 1.69. The number of carbonyl (C=O) groups is 1. The summed E-state index contributed by atoms with van der Waals surface area (Å²) in [6.07, 6.45) is 0. The number of methoxy groups -OCH3 is 6. The zero-order valence-corrected chi connectivity index (χ0v) is 21.9. The maximum atomic E-state index is 13.2. The van der Waals surface area contributed by atoms with Gasteiger partial charge in [0.1, 0.15) is 5.75 Å². The lowest BCUT2D eigenvalue weighted by Gasteiger charge is -2.15. The molecule has 0 unspecified atom stereocenters. The van der Waals surface area contributed by atoms with Crippen LogP contribution in [0.4, 0.5) is 5.69 Å². The van der Waals surface area contributed by atoms with Gasteiger partial charge in [-0.1, -0.05) is 6.07 Å². The van der Waals surface area contributed by atoms with E-state index in [1.807, 2.05) is 0 Å². The highest BCUT2D eigenvalue weighted by atomic mass is 16.5. The molecule has 4 rings (SSSR count). The minimum atomic E-state index is -0.508. The molecular formula is C27H28N4O7. The normalized spacial score (nSPS) is 10.5. The highest BCUT2D eigenvalue weighted by Crippen LogP contribution is 2.41. The van der Waals surface area contributed by atoms with E-state index in [9.17, 15) is 4.79 Å². The number of anilines is 1. The lowest BCUT2D eigenvalue weighted by atomic mass is 10.1. The van der Waals surface area contributed by atoms with Crippen molar-refractivity contribution in [2.24, 2.45) is 0 Å². The van der Waals surface area contributed by atoms with Gasteiger partial charge in [0.05, 0.1) is 48.3 Å². The van der Waals surface area contributed by atoms with E-state index >= 15 is 0 Å². The molecule has 1 amide bonds. The summed E-state index contributed by atoms with van der Waals surface area (Å²) in [6, 6.07) is 15.7. The van der Waals surface area contributed by atoms with Crippen molar-refractivity contribution in [3.63, 3.8) is 0 Å². The van der Waals surface area contributed by atoms with Crippen LogP contribution < -0.4 is 33.7 Å². The van der Waals surface area contributed by atoms with Crippen molar-refractivity contribution >= 4 is 11.6 Å². The van der Waals surface area contributed by atoms with Crippen LogP contribution in [0.1, 0.15) is 10.6 Å². The zero-order valence-electron chi connectivity index (χ0n) is 21.9. The number of carbonyl (C=O) groups excluding carboxylic acids is 1. The van der Waals surface area contributed by atoms with Gasteiger partial charge in [0, 0.05) is 23.4 Å². The predicted octanol–water partition coefficient (Wildman–Crippen LogP) is 4.24. The van der Waals surface area contributed by atoms with E-state index in [-0.39, 0.29) is 5.82 Å². The highest BCUT2D eigenvalue weighted by molar-refractivity contribution is 6.02. The first kappa shape index (κ1) is 26.1. The minimum Gasteiger partial charge on any atom is -0.497 e. The Morgan fingerprint density at radius 3 is 2.03 bits per heavy atom. The third-order valence-electron chi connectivity index (χ3n) is 5.67. The fourth-order valence-electron chi connectivity index (χ4n) is 3.83. The molecular weight excluding hydrogens is 492 g/mol. The lowest BCUT2D eigenvalue weighted by molar-refractivity contribution is 0.101. The van der Waals surface area contributed by atoms with E-state index in [4.69, 9.17) is 28.4 Å². The van der Waals surface area contributed by atoms with E-state index in [1.54, 1.807) is 68.8 Å². The van der Waals surface area contributed by atoms with Gasteiger partial charge in [0.15, 0.2) is 28.8 Å². The van der Waals surface area contributed by atoms with Gasteiger partial charge < -0.3 is 33.7 Å². The summed E-state index contributed by atoms with van der Waals surface area (Å²) in [6.45, 7) is 0. The standard InChI is InChI=1S/C27H28N4O7/c1-33-19-9-7-8-17(14-19)28-27(32)25-29-26(16-12-22(36-4)24(38-6)23(13-16)37-5)31(30-25)18-10-11-20(34-2)21(15-18)35-3/h7-15H,1-6H3,(H,28,32). The van der Waals surface area contributed by atoms with Crippen LogP contribution in [0.3, 0.4) is 0 Å². The zero-order chi connectivity index (χ0) is 27.2. The Morgan fingerprint density at radius 2 is 1.42 bits per heavy atom. The number of aromatic nitrogens is 3. The second kappa shape index (κ2) is 11.4. The summed E-state index contributed by atoms with van der Waals surface area (Å²) < 4.78 is 34.1. The molecule has 0 atom stereocenters. The summed E-state index contributed by atoms with van der Waals surface area (Å²) in [5.74, 6) is 2.68. The van der Waals surface area contributed by atoms with Crippen LogP contribution >= 0.6 is 0 Å². The number of amides is 1. The minimum absolute atomic E-state index is 0.0636. The molecule has 4 aromatic rings. The molecule has 1 heterocycles. The number of hydrogen-bond donors (Lipinski definition) is 1. The van der Waals surface area contributed by atoms with E-state index in [0.29, 0.717) is 57.3 Å². The van der Waals surface area contributed by atoms with Crippen molar-refractivity contribution in [3.8, 4) is 51.6 Å². The molecule has 0 saturated heterocycles. The summed E-state index contributed by atoms with van der Waals surface area (Å²) in [7, 11) is 9.20. The Bertz CT molecular complexity index is 1430. The molecule has 1 N–H and O–H groups in total. The molecule has 0 radical (unpaired) electrons. The van der Waals surface area contributed by atoms with Crippen LogP contribution in [-0.2, 0) is 0 Å². The van der Waals surface area contributed by atoms with Gasteiger partial charge in [-0.2, -0.15) is 0 Å². The van der Waals surface area contributed by atoms with Gasteiger partial charge in [0.25, 0.3) is 5.91 Å². The average molecular weight is 521 g/mol. The Balaban J connectivity index is 1.86. The smallest absolute Gasteiger partial charge is 0.295 e. The lowest BCUT2D eigenvalue weighted by Crippen LogP contribution is -2.14. The molecule has 0 aliphatic rings. The van der Waals surface area contributed by atoms with E-state index in [2.05, 4.69) is 15.4 Å². The summed E-state index contributed by atoms with van der Waals surface area (Å²) in [5, 5.41) is 7.34. The molecule has 0 saturated carbocycles. The van der Waals surface area contributed by atoms with E-state index in [0.717, 1.165) is 0 Å². The van der Waals surface area contributed by atoms with Crippen molar-refractivity contribution in [1.29, 1.82) is 0 Å². The summed E-state index contributed by atoms with van der Waals surface area (Å²) >= 11 is 0. The predicted molar refractivity (Wildman–Crippen MR) is 141 cm³/mol. The largest absolute Gasteiger partial charge is 0.497 e. The van der Waals surface area contributed by atoms with Crippen LogP contribution in [-0.4, -0.2) is 63.3 Å². The Labute approximate surface area is 219 Å². The van der Waals surface area contributed by atoms with Crippen LogP contribution in [0, 0.1) is 0 Å². The second-order valence-electron chi connectivity index (χ2n) is 7.81. The van der Waals surface area contributed by atoms with Gasteiger partial charge in [-0.15, -0.1) is 5.10 Å². The Kier molecular flexibility index (Phi) is 7.86. The Morgan fingerprint density at radius 1 is 0.737 bits per heavy atom. The van der Waals surface area contributed by atoms with Crippen LogP contribution in [0.5, 0.6) is 34.5 Å². The van der Waals surface area contributed by atoms with Crippen molar-refractivity contribution in [1.82, 2.24) is 14.8 Å². The number of ether oxygens (including phenoxy) is 6. The van der Waals surface area contributed by atoms with Crippen molar-refractivity contribution in [2.75, 3.05) is 48.0 Å². The van der Waals surface area contributed by atoms with Crippen molar-refractivity contribution in [3.05, 3.63) is 60.4 Å². The van der Waals surface area contributed by atoms with Gasteiger partial charge in [-0.05, 0) is 36.4 Å². The number of hydrogen-bond acceptors (Lipinski definition) is 9. The molecule has 11 nitrogen and oxygen atoms in total. The molecule has 0 aliphatic heterocycles. The maximum absolute atomic E-state index is 13.2. The summed E-state index contributed by atoms with van der Waals surface area (Å²) in [4.78, 5) is 17.8. The molecule has 38 heavy (non-hydrogen) atoms. The second-order valence-corrected chi connectivity index (χ2v) is 7.81. The molecule has 0 fully saturated rings. The first-order valence-electron chi connectivity index (χ1n) is 11.4. The number of nitrogens with one attached hydrogen (secondary N) is 1. The molecule has 3 aromatic carbocycles. The van der Waals surface area contributed by atoms with Crippen molar-refractivity contribution in [2.45, 2.75) is 0 Å². The molecule has 0 bridgehead atoms. The number of benzene rings is 3. The Hall–Kier alpha value is -4.93. The molecule has 0 spiro atoms. The van der Waals surface area contributed by atoms with Gasteiger partial charge >= 0.3 is 0 Å². The van der Waals surface area contributed by atoms with Crippen LogP contribution in [0.2, 0.25) is 0 Å². The first-order chi connectivity index (χ1) is 18.5. The van der Waals surface area contributed by atoms with E-state index in [1.165, 1.54) is 33.1 Å². The monoisotopic (exact) mass is 520 g/mol. The number of rotatable bonds is 10. The van der Waals surface area contributed by atoms with E-state index < -0.39 is 5.91 Å². The fourth-order valence-corrected chi connectivity index (χ4v) is 3.83. The highest BCUT2D eigenvalue weighted by Gasteiger charge is 2.23. The third-order valence-corrected chi connectivity index (χ3v) is 5.67. The average Bonchev–Trinajstić information content (AvgIpc) is 3.41. The molecule has 11 heteroatoms. The topological polar surface area (TPSA) is 115 Å². The first-order valence-corrected chi connectivity index (χ1v) is 11.4. The van der Waals surface area contributed by atoms with Gasteiger partial charge in [-0.25, -0.2) is 9.67 Å². The van der Waals surface area contributed by atoms with Gasteiger partial charge in [-0.3, -0.25) is 4.79 Å². The van der Waals surface area contributed by atoms with Crippen LogP contribution in [0.25, 0.3) is 17.1 Å². The molecule has 0 aliphatic carbocycles. The molecule has 1 aromatic heterocycles. The maximum Gasteiger partial charge on any atom is 0.295 e. The van der Waals surface area contributed by atoms with Crippen molar-refractivity contribution < 1.29 is 33.2 Å². The van der Waals surface area contributed by atoms with Crippen LogP contribution in [0.15, 0.2) is 54.6 Å². The SMILES string of the molecule is COc1cccc(NC(=O)c2nc(-c3cc(OC)c(OC)c(OC)c3)n(-c3ccc(OC)c(OC)c3)n2)c1. The quantitative estimate of drug-likeness (QED) is 0.328. The number of nitrogens with zero attached hydrogens (tertiary/aromatic N) is 3. The fraction of sp³-hybridized carbons (Fsp3) is 0.222. The van der Waals surface area contributed by atoms with Gasteiger partial charge in [0.2, 0.25) is 11.6 Å². The third kappa shape index (κ3) is 5.12. The molecule has 198 valence electrons.